The van der Waals surface area contributed by atoms with Gasteiger partial charge in [0.05, 0.1) is 18.4 Å². The summed E-state index contributed by atoms with van der Waals surface area (Å²) in [5.41, 5.74) is 3.83. The molecule has 0 N–H and O–H groups in total. The molecule has 210 valence electrons. The second-order valence-electron chi connectivity index (χ2n) is 11.1. The molecule has 2 aromatic rings. The number of amides is 1. The Kier molecular flexibility index (Phi) is 9.31. The van der Waals surface area contributed by atoms with Crippen molar-refractivity contribution in [3.05, 3.63) is 70.3 Å². The number of rotatable bonds is 1. The van der Waals surface area contributed by atoms with Gasteiger partial charge in [-0.3, -0.25) is 4.79 Å². The van der Waals surface area contributed by atoms with Crippen LogP contribution in [-0.4, -0.2) is 38.0 Å². The molecular weight excluding hydrogens is 532 g/mol. The summed E-state index contributed by atoms with van der Waals surface area (Å²) >= 11 is 6.39. The Morgan fingerprint density at radius 2 is 1.95 bits per heavy atom. The third-order valence-corrected chi connectivity index (χ3v) is 9.81. The maximum atomic E-state index is 13.2. The molecule has 2 bridgehead atoms. The van der Waals surface area contributed by atoms with Crippen molar-refractivity contribution in [1.82, 2.24) is 0 Å². The van der Waals surface area contributed by atoms with Crippen LogP contribution in [0.4, 0.5) is 5.69 Å². The van der Waals surface area contributed by atoms with E-state index in [1.807, 2.05) is 25.1 Å². The van der Waals surface area contributed by atoms with Crippen molar-refractivity contribution in [3.63, 3.8) is 0 Å². The summed E-state index contributed by atoms with van der Waals surface area (Å²) in [6.45, 7) is 4.16. The Bertz CT molecular complexity index is 1310. The molecule has 6 nitrogen and oxygen atoms in total. The van der Waals surface area contributed by atoms with Gasteiger partial charge in [0.25, 0.3) is 5.91 Å². The number of allylic oxidation sites excluding steroid dienone is 1. The van der Waals surface area contributed by atoms with Crippen molar-refractivity contribution >= 4 is 33.8 Å². The average Bonchev–Trinajstić information content (AvgIpc) is 2.93. The van der Waals surface area contributed by atoms with Gasteiger partial charge in [-0.25, -0.2) is 0 Å². The first-order valence-electron chi connectivity index (χ1n) is 14.0. The summed E-state index contributed by atoms with van der Waals surface area (Å²) in [6, 6.07) is 11.7. The van der Waals surface area contributed by atoms with E-state index in [1.165, 1.54) is 24.0 Å². The second kappa shape index (κ2) is 12.9. The molecule has 39 heavy (non-hydrogen) atoms. The lowest BCUT2D eigenvalue weighted by atomic mass is 9.71. The summed E-state index contributed by atoms with van der Waals surface area (Å²) < 4.78 is 28.9. The van der Waals surface area contributed by atoms with E-state index in [4.69, 9.17) is 21.1 Å². The van der Waals surface area contributed by atoms with E-state index in [0.717, 1.165) is 48.7 Å². The molecule has 5 rings (SSSR count). The highest BCUT2D eigenvalue weighted by Crippen LogP contribution is 2.41. The average molecular weight is 570 g/mol. The molecular formula is C31H38ClN2O4S-. The molecule has 1 fully saturated rings. The summed E-state index contributed by atoms with van der Waals surface area (Å²) in [4.78, 5) is 15.5. The molecule has 0 unspecified atom stereocenters. The van der Waals surface area contributed by atoms with E-state index in [2.05, 4.69) is 33.5 Å². The summed E-state index contributed by atoms with van der Waals surface area (Å²) in [7, 11) is 0.0233. The van der Waals surface area contributed by atoms with Crippen LogP contribution in [0.3, 0.4) is 0 Å². The molecule has 1 saturated carbocycles. The van der Waals surface area contributed by atoms with Gasteiger partial charge in [-0.05, 0) is 97.7 Å². The third kappa shape index (κ3) is 6.87. The zero-order chi connectivity index (χ0) is 27.4. The topological polar surface area (TPSA) is 68.2 Å². The van der Waals surface area contributed by atoms with Crippen molar-refractivity contribution < 1.29 is 18.5 Å². The molecule has 2 aliphatic heterocycles. The van der Waals surface area contributed by atoms with Crippen LogP contribution < -0.4 is 9.64 Å². The van der Waals surface area contributed by atoms with E-state index in [-0.39, 0.29) is 17.8 Å². The Hall–Kier alpha value is -2.35. The van der Waals surface area contributed by atoms with Crippen LogP contribution in [0.15, 0.2) is 52.9 Å². The van der Waals surface area contributed by atoms with Crippen LogP contribution in [0.1, 0.15) is 60.5 Å². The Balaban J connectivity index is 1.58. The number of fused-ring (bicyclic) bond motifs is 3. The van der Waals surface area contributed by atoms with Crippen LogP contribution in [0.25, 0.3) is 0 Å². The predicted octanol–water partition coefficient (Wildman–Crippen LogP) is 6.99. The van der Waals surface area contributed by atoms with Gasteiger partial charge in [-0.15, -0.1) is 0 Å². The molecule has 0 saturated heterocycles. The van der Waals surface area contributed by atoms with Crippen molar-refractivity contribution in [2.75, 3.05) is 30.9 Å². The van der Waals surface area contributed by atoms with Crippen molar-refractivity contribution in [1.29, 1.82) is 0 Å². The SMILES string of the molecule is CO[C@H]1/C=C/C[C@@H]2CC[C@H]2CN2Cc3ccc(Cl)cc3CCCCOc3ccc(cc32)C(=O)N=[S-](=O)C[C@H]1C. The molecule has 4 atom stereocenters. The maximum absolute atomic E-state index is 13.2. The third-order valence-electron chi connectivity index (χ3n) is 8.39. The molecule has 3 aliphatic rings. The number of anilines is 1. The first kappa shape index (κ1) is 28.2. The minimum atomic E-state index is -1.65. The van der Waals surface area contributed by atoms with Crippen LogP contribution in [0, 0.1) is 17.8 Å². The molecule has 0 aromatic heterocycles. The molecule has 1 aliphatic carbocycles. The lowest BCUT2D eigenvalue weighted by molar-refractivity contribution is 0.100. The second-order valence-corrected chi connectivity index (χ2v) is 12.7. The number of nitrogens with zero attached hydrogens (tertiary/aromatic N) is 2. The number of hydrogen-bond acceptors (Lipinski definition) is 6. The Labute approximate surface area is 238 Å². The fourth-order valence-corrected chi connectivity index (χ4v) is 7.12. The van der Waals surface area contributed by atoms with Gasteiger partial charge in [-0.2, -0.15) is 10.6 Å². The summed E-state index contributed by atoms with van der Waals surface area (Å²) in [6.07, 6.45) is 10.4. The highest BCUT2D eigenvalue weighted by Gasteiger charge is 2.32. The molecule has 1 amide bonds. The Morgan fingerprint density at radius 1 is 1.10 bits per heavy atom. The number of ether oxygens (including phenoxy) is 2. The molecule has 2 aromatic carbocycles. The fraction of sp³-hybridized carbons (Fsp3) is 0.516. The number of carbonyl (C=O) groups is 1. The molecule has 0 radical (unpaired) electrons. The molecule has 2 heterocycles. The van der Waals surface area contributed by atoms with E-state index in [0.29, 0.717) is 30.6 Å². The van der Waals surface area contributed by atoms with E-state index in [1.54, 1.807) is 13.2 Å². The minimum Gasteiger partial charge on any atom is -0.491 e. The van der Waals surface area contributed by atoms with Gasteiger partial charge in [0.1, 0.15) is 5.75 Å². The predicted molar refractivity (Wildman–Crippen MR) is 157 cm³/mol. The monoisotopic (exact) mass is 569 g/mol. The van der Waals surface area contributed by atoms with E-state index >= 15 is 0 Å². The van der Waals surface area contributed by atoms with Gasteiger partial charge in [0.2, 0.25) is 0 Å². The number of benzene rings is 2. The van der Waals surface area contributed by atoms with Gasteiger partial charge in [0, 0.05) is 30.8 Å². The van der Waals surface area contributed by atoms with Gasteiger partial charge < -0.3 is 22.9 Å². The number of aryl methyl sites for hydroxylation is 1. The maximum Gasteiger partial charge on any atom is 0.254 e. The van der Waals surface area contributed by atoms with Gasteiger partial charge in [0.15, 0.2) is 0 Å². The lowest BCUT2D eigenvalue weighted by Crippen LogP contribution is -2.38. The largest absolute Gasteiger partial charge is 0.491 e. The van der Waals surface area contributed by atoms with E-state index in [9.17, 15) is 9.00 Å². The standard InChI is InChI=1S/C31H38ClN2O4S/c1-21-20-39(36)33-31(35)24-12-14-30-28(17-24)34(18-25-10-9-22(25)7-5-8-29(21)37-2)19-26-11-13-27(32)16-23(26)6-3-4-15-38-30/h5,8,11-14,16-17,21-22,25,29H,3-4,6-7,9-10,15,18-20H2,1-2H3/q-1/b8-5+/t21-,22-,25+,29+/m1/s1. The molecule has 8 heteroatoms. The van der Waals surface area contributed by atoms with Crippen molar-refractivity contribution in [2.24, 2.45) is 22.1 Å². The lowest BCUT2D eigenvalue weighted by Gasteiger charge is -2.41. The van der Waals surface area contributed by atoms with Crippen LogP contribution in [0.5, 0.6) is 5.75 Å². The van der Waals surface area contributed by atoms with E-state index < -0.39 is 16.5 Å². The first-order valence-corrected chi connectivity index (χ1v) is 15.7. The van der Waals surface area contributed by atoms with Crippen LogP contribution >= 0.6 is 11.6 Å². The van der Waals surface area contributed by atoms with Gasteiger partial charge >= 0.3 is 0 Å². The minimum absolute atomic E-state index is 0.0291. The van der Waals surface area contributed by atoms with Gasteiger partial charge in [-0.1, -0.05) is 42.5 Å². The van der Waals surface area contributed by atoms with Crippen molar-refractivity contribution in [2.45, 2.75) is 58.1 Å². The summed E-state index contributed by atoms with van der Waals surface area (Å²) in [5.74, 6) is 1.66. The smallest absolute Gasteiger partial charge is 0.254 e. The normalized spacial score (nSPS) is 27.6. The summed E-state index contributed by atoms with van der Waals surface area (Å²) in [5, 5.41) is 0.755. The zero-order valence-electron chi connectivity index (χ0n) is 22.8. The fourth-order valence-electron chi connectivity index (χ4n) is 5.92. The van der Waals surface area contributed by atoms with Crippen molar-refractivity contribution in [3.8, 4) is 5.75 Å². The zero-order valence-corrected chi connectivity index (χ0v) is 24.4. The highest BCUT2D eigenvalue weighted by atomic mass is 35.5. The number of halogens is 1. The quantitative estimate of drug-likeness (QED) is 0.273. The number of methoxy groups -OCH3 is 1. The van der Waals surface area contributed by atoms with Crippen LogP contribution in [-0.2, 0) is 32.5 Å². The highest BCUT2D eigenvalue weighted by molar-refractivity contribution is 7.75. The van der Waals surface area contributed by atoms with Crippen LogP contribution in [0.2, 0.25) is 5.02 Å². The number of carbonyl (C=O) groups excluding carboxylic acids is 1. The number of hydrogen-bond donors (Lipinski definition) is 0. The Morgan fingerprint density at radius 3 is 2.74 bits per heavy atom. The molecule has 0 spiro atoms. The first-order chi connectivity index (χ1) is 18.9.